The number of carbonyl (C=O) groups excluding carboxylic acids is 3. The zero-order valence-electron chi connectivity index (χ0n) is 28.9. The van der Waals surface area contributed by atoms with Crippen LogP contribution in [0.1, 0.15) is 68.5 Å². The van der Waals surface area contributed by atoms with Gasteiger partial charge < -0.3 is 42.2 Å². The molecule has 2 aliphatic heterocycles. The standard InChI is InChI=1S/C29H44N5O13P/c1-12-41-23(35)24(48(38,39-10)40-11)42-13-16-18-19(45-29(8,9)44-18)22(43-16)33-15-32-17-20(33)30-14-31-21(17)34(25(36)46-27(2,3)4)26(37)47-28(5,6)7/h14-16,18-19,22,24H,12-13H2,1-11H3/t16-,18-,19-,22-,24?/m1/s1. The zero-order valence-corrected chi connectivity index (χ0v) is 29.8. The van der Waals surface area contributed by atoms with Crippen LogP contribution in [0.5, 0.6) is 0 Å². The number of carbonyl (C=O) groups is 3. The van der Waals surface area contributed by atoms with Gasteiger partial charge in [-0.05, 0) is 62.3 Å². The number of hydrogen-bond donors (Lipinski definition) is 0. The molecule has 0 spiro atoms. The van der Waals surface area contributed by atoms with Gasteiger partial charge >= 0.3 is 25.8 Å². The quantitative estimate of drug-likeness (QED) is 0.193. The zero-order chi connectivity index (χ0) is 35.8. The van der Waals surface area contributed by atoms with Gasteiger partial charge in [-0.15, -0.1) is 0 Å². The van der Waals surface area contributed by atoms with Crippen LogP contribution >= 0.6 is 7.60 Å². The number of anilines is 1. The van der Waals surface area contributed by atoms with Crippen molar-refractivity contribution in [3.8, 4) is 0 Å². The molecule has 48 heavy (non-hydrogen) atoms. The highest BCUT2D eigenvalue weighted by Gasteiger charge is 2.57. The molecule has 2 aliphatic rings. The first-order chi connectivity index (χ1) is 22.2. The molecule has 2 amide bonds. The highest BCUT2D eigenvalue weighted by molar-refractivity contribution is 7.55. The summed E-state index contributed by atoms with van der Waals surface area (Å²) in [5.41, 5.74) is -1.68. The number of ether oxygens (including phenoxy) is 7. The third-order valence-corrected chi connectivity index (χ3v) is 8.76. The number of amides is 2. The molecule has 4 rings (SSSR count). The van der Waals surface area contributed by atoms with E-state index in [-0.39, 0.29) is 30.2 Å². The average Bonchev–Trinajstić information content (AvgIpc) is 3.62. The first-order valence-corrected chi connectivity index (χ1v) is 16.8. The molecule has 2 saturated heterocycles. The third-order valence-electron chi connectivity index (χ3n) is 6.81. The largest absolute Gasteiger partial charge is 0.464 e. The Morgan fingerprint density at radius 3 is 2.10 bits per heavy atom. The van der Waals surface area contributed by atoms with E-state index < -0.39 is 73.1 Å². The average molecular weight is 702 g/mol. The first-order valence-electron chi connectivity index (χ1n) is 15.2. The number of rotatable bonds is 10. The van der Waals surface area contributed by atoms with E-state index in [2.05, 4.69) is 15.0 Å². The lowest BCUT2D eigenvalue weighted by Crippen LogP contribution is -2.44. The van der Waals surface area contributed by atoms with Gasteiger partial charge in [-0.2, -0.15) is 4.90 Å². The van der Waals surface area contributed by atoms with E-state index in [1.807, 2.05) is 0 Å². The maximum atomic E-state index is 13.3. The number of nitrogens with zero attached hydrogens (tertiary/aromatic N) is 5. The van der Waals surface area contributed by atoms with E-state index in [0.29, 0.717) is 4.90 Å². The lowest BCUT2D eigenvalue weighted by atomic mass is 10.1. The minimum atomic E-state index is -4.08. The van der Waals surface area contributed by atoms with Crippen molar-refractivity contribution in [1.82, 2.24) is 19.5 Å². The number of imidazole rings is 1. The van der Waals surface area contributed by atoms with Crippen LogP contribution in [0.2, 0.25) is 0 Å². The summed E-state index contributed by atoms with van der Waals surface area (Å²) in [6.07, 6.45) is -2.84. The van der Waals surface area contributed by atoms with Crippen molar-refractivity contribution in [2.45, 2.75) is 110 Å². The Labute approximate surface area is 278 Å². The molecule has 0 bridgehead atoms. The second kappa shape index (κ2) is 13.9. The van der Waals surface area contributed by atoms with Gasteiger partial charge in [0.15, 0.2) is 29.0 Å². The molecule has 2 aromatic rings. The van der Waals surface area contributed by atoms with Crippen molar-refractivity contribution in [2.24, 2.45) is 0 Å². The smallest absolute Gasteiger partial charge is 0.425 e. The molecule has 2 aromatic heterocycles. The highest BCUT2D eigenvalue weighted by Crippen LogP contribution is 2.53. The van der Waals surface area contributed by atoms with E-state index in [1.165, 1.54) is 10.9 Å². The molecule has 4 heterocycles. The Bertz CT molecular complexity index is 1520. The fraction of sp³-hybridized carbons (Fsp3) is 0.724. The molecule has 0 aliphatic carbocycles. The van der Waals surface area contributed by atoms with Gasteiger partial charge in [0.25, 0.3) is 5.85 Å². The Morgan fingerprint density at radius 2 is 1.56 bits per heavy atom. The van der Waals surface area contributed by atoms with Crippen molar-refractivity contribution >= 4 is 42.7 Å². The second-order valence-corrected chi connectivity index (χ2v) is 15.6. The van der Waals surface area contributed by atoms with Crippen molar-refractivity contribution in [2.75, 3.05) is 32.3 Å². The van der Waals surface area contributed by atoms with Gasteiger partial charge in [0, 0.05) is 14.2 Å². The molecule has 19 heteroatoms. The number of fused-ring (bicyclic) bond motifs is 2. The van der Waals surface area contributed by atoms with Crippen molar-refractivity contribution in [3.05, 3.63) is 12.7 Å². The van der Waals surface area contributed by atoms with Crippen LogP contribution in [0.3, 0.4) is 0 Å². The van der Waals surface area contributed by atoms with Gasteiger partial charge in [-0.3, -0.25) is 9.13 Å². The van der Waals surface area contributed by atoms with Crippen LogP contribution in [-0.2, 0) is 51.6 Å². The van der Waals surface area contributed by atoms with E-state index in [4.69, 9.17) is 42.2 Å². The predicted octanol–water partition coefficient (Wildman–Crippen LogP) is 4.31. The molecule has 0 saturated carbocycles. The lowest BCUT2D eigenvalue weighted by molar-refractivity contribution is -0.203. The van der Waals surface area contributed by atoms with E-state index >= 15 is 0 Å². The molecule has 0 radical (unpaired) electrons. The summed E-state index contributed by atoms with van der Waals surface area (Å²) in [4.78, 5) is 53.1. The Hall–Kier alpha value is -3.25. The normalized spacial score (nSPS) is 23.1. The predicted molar refractivity (Wildman–Crippen MR) is 166 cm³/mol. The number of esters is 1. The minimum Gasteiger partial charge on any atom is -0.464 e. The molecule has 18 nitrogen and oxygen atoms in total. The van der Waals surface area contributed by atoms with E-state index in [9.17, 15) is 18.9 Å². The first kappa shape index (κ1) is 37.6. The second-order valence-electron chi connectivity index (χ2n) is 13.3. The third kappa shape index (κ3) is 8.13. The monoisotopic (exact) mass is 701 g/mol. The summed E-state index contributed by atoms with van der Waals surface area (Å²) in [6.45, 7) is 14.6. The summed E-state index contributed by atoms with van der Waals surface area (Å²) in [5.74, 6) is -3.89. The molecular weight excluding hydrogens is 657 g/mol. The van der Waals surface area contributed by atoms with Gasteiger partial charge in [0.1, 0.15) is 35.8 Å². The van der Waals surface area contributed by atoms with Gasteiger partial charge in [0.05, 0.1) is 19.5 Å². The fourth-order valence-corrected chi connectivity index (χ4v) is 6.16. The van der Waals surface area contributed by atoms with Crippen molar-refractivity contribution < 1.29 is 61.2 Å². The van der Waals surface area contributed by atoms with Crippen LogP contribution in [0.25, 0.3) is 11.2 Å². The maximum absolute atomic E-state index is 13.3. The highest BCUT2D eigenvalue weighted by atomic mass is 31.2. The van der Waals surface area contributed by atoms with Crippen LogP contribution in [0.4, 0.5) is 15.4 Å². The summed E-state index contributed by atoms with van der Waals surface area (Å²) in [6, 6.07) is 0. The van der Waals surface area contributed by atoms with Gasteiger partial charge in [0.2, 0.25) is 0 Å². The Balaban J connectivity index is 1.70. The summed E-state index contributed by atoms with van der Waals surface area (Å²) < 4.78 is 65.3. The Kier molecular flexibility index (Phi) is 10.9. The molecular formula is C29H44N5O13P. The van der Waals surface area contributed by atoms with Gasteiger partial charge in [-0.1, -0.05) is 0 Å². The van der Waals surface area contributed by atoms with Crippen LogP contribution in [0.15, 0.2) is 12.7 Å². The van der Waals surface area contributed by atoms with E-state index in [0.717, 1.165) is 20.5 Å². The number of aromatic nitrogens is 4. The molecule has 1 unspecified atom stereocenters. The van der Waals surface area contributed by atoms with Crippen LogP contribution in [0, 0.1) is 0 Å². The maximum Gasteiger partial charge on any atom is 0.425 e. The van der Waals surface area contributed by atoms with Crippen molar-refractivity contribution in [3.63, 3.8) is 0 Å². The molecule has 2 fully saturated rings. The molecule has 268 valence electrons. The Morgan fingerprint density at radius 1 is 0.979 bits per heavy atom. The summed E-state index contributed by atoms with van der Waals surface area (Å²) in [5, 5.41) is 0. The van der Waals surface area contributed by atoms with Crippen molar-refractivity contribution in [1.29, 1.82) is 0 Å². The van der Waals surface area contributed by atoms with Crippen LogP contribution in [-0.4, -0.2) is 106 Å². The summed E-state index contributed by atoms with van der Waals surface area (Å²) in [7, 11) is -1.83. The topological polar surface area (TPSA) is 198 Å². The summed E-state index contributed by atoms with van der Waals surface area (Å²) >= 11 is 0. The molecule has 0 aromatic carbocycles. The van der Waals surface area contributed by atoms with Gasteiger partial charge in [-0.25, -0.2) is 29.3 Å². The van der Waals surface area contributed by atoms with Crippen LogP contribution < -0.4 is 4.90 Å². The number of hydrogen-bond acceptors (Lipinski definition) is 16. The fourth-order valence-electron chi connectivity index (χ4n) is 5.02. The van der Waals surface area contributed by atoms with E-state index in [1.54, 1.807) is 62.3 Å². The lowest BCUT2D eigenvalue weighted by Gasteiger charge is -2.28. The molecule has 0 N–H and O–H groups in total. The minimum absolute atomic E-state index is 0.000790. The molecule has 5 atom stereocenters. The number of imide groups is 1. The SMILES string of the molecule is CCOC(=O)C(OC[C@H]1O[C@@H](n2cnc3c(N(C(=O)OC(C)(C)C)C(=O)OC(C)(C)C)ncnc32)[C@@H]2OC(C)(C)O[C@@H]21)P(=O)(OC)OC.